The zero-order valence-corrected chi connectivity index (χ0v) is 20.4. The third-order valence-corrected chi connectivity index (χ3v) is 6.94. The Kier molecular flexibility index (Phi) is 9.53. The summed E-state index contributed by atoms with van der Waals surface area (Å²) >= 11 is 0. The van der Waals surface area contributed by atoms with Crippen LogP contribution in [-0.4, -0.2) is 53.2 Å². The Hall–Kier alpha value is -2.84. The van der Waals surface area contributed by atoms with E-state index in [9.17, 15) is 14.4 Å². The minimum atomic E-state index is -0.528. The number of esters is 1. The van der Waals surface area contributed by atoms with Gasteiger partial charge in [0.2, 0.25) is 0 Å². The van der Waals surface area contributed by atoms with Crippen LogP contribution in [-0.2, 0) is 14.3 Å². The Bertz CT molecular complexity index is 851. The summed E-state index contributed by atoms with van der Waals surface area (Å²) in [6.45, 7) is 7.16. The Morgan fingerprint density at radius 1 is 0.971 bits per heavy atom. The van der Waals surface area contributed by atoms with E-state index in [2.05, 4.69) is 22.3 Å². The quantitative estimate of drug-likeness (QED) is 0.334. The van der Waals surface area contributed by atoms with E-state index < -0.39 is 12.1 Å². The standard InChI is InChI=1S/C25H38N4O5/c1-4-23(30)33-13-14-34-25(32)27-22-11-7-20(8-12-22)16-19-5-9-21(10-6-19)26-24(31)29-18(3)15-17(2)28-29/h4,15,19-22H,1,5-14,16H2,2-3H3,(H,26,31)(H,27,32). The molecule has 0 atom stereocenters. The van der Waals surface area contributed by atoms with Gasteiger partial charge in [0.25, 0.3) is 0 Å². The molecule has 0 unspecified atom stereocenters. The first-order valence-electron chi connectivity index (χ1n) is 12.4. The highest BCUT2D eigenvalue weighted by Gasteiger charge is 2.28. The van der Waals surface area contributed by atoms with Crippen LogP contribution in [0, 0.1) is 25.7 Å². The third-order valence-electron chi connectivity index (χ3n) is 6.94. The lowest BCUT2D eigenvalue weighted by Crippen LogP contribution is -2.41. The molecular formula is C25H38N4O5. The summed E-state index contributed by atoms with van der Waals surface area (Å²) in [7, 11) is 0. The summed E-state index contributed by atoms with van der Waals surface area (Å²) in [4.78, 5) is 35.4. The SMILES string of the molecule is C=CC(=O)OCCOC(=O)NC1CCC(CC2CCC(NC(=O)n3nc(C)cc3C)CC2)CC1. The van der Waals surface area contributed by atoms with Crippen molar-refractivity contribution in [1.29, 1.82) is 0 Å². The van der Waals surface area contributed by atoms with Crippen molar-refractivity contribution >= 4 is 18.1 Å². The maximum atomic E-state index is 12.5. The highest BCUT2D eigenvalue weighted by molar-refractivity contribution is 5.81. The molecule has 2 aliphatic rings. The molecule has 3 rings (SSSR count). The molecule has 2 saturated carbocycles. The lowest BCUT2D eigenvalue weighted by atomic mass is 9.76. The molecule has 1 heterocycles. The van der Waals surface area contributed by atoms with Crippen LogP contribution < -0.4 is 10.6 Å². The second kappa shape index (κ2) is 12.6. The lowest BCUT2D eigenvalue weighted by molar-refractivity contribution is -0.138. The van der Waals surface area contributed by atoms with Gasteiger partial charge >= 0.3 is 18.1 Å². The van der Waals surface area contributed by atoms with Crippen molar-refractivity contribution < 1.29 is 23.9 Å². The smallest absolute Gasteiger partial charge is 0.407 e. The number of hydrogen-bond acceptors (Lipinski definition) is 6. The molecule has 0 spiro atoms. The maximum Gasteiger partial charge on any atom is 0.407 e. The van der Waals surface area contributed by atoms with Gasteiger partial charge in [-0.2, -0.15) is 9.78 Å². The molecule has 9 heteroatoms. The summed E-state index contributed by atoms with van der Waals surface area (Å²) in [5.41, 5.74) is 1.71. The van der Waals surface area contributed by atoms with Crippen LogP contribution in [0.25, 0.3) is 0 Å². The van der Waals surface area contributed by atoms with Crippen molar-refractivity contribution in [3.8, 4) is 0 Å². The average Bonchev–Trinajstić information content (AvgIpc) is 3.17. The van der Waals surface area contributed by atoms with Crippen LogP contribution >= 0.6 is 0 Å². The van der Waals surface area contributed by atoms with Crippen LogP contribution in [0.15, 0.2) is 18.7 Å². The molecule has 0 aliphatic heterocycles. The molecule has 188 valence electrons. The predicted molar refractivity (Wildman–Crippen MR) is 127 cm³/mol. The zero-order valence-electron chi connectivity index (χ0n) is 20.4. The molecular weight excluding hydrogens is 436 g/mol. The van der Waals surface area contributed by atoms with E-state index in [1.54, 1.807) is 0 Å². The van der Waals surface area contributed by atoms with Gasteiger partial charge < -0.3 is 20.1 Å². The van der Waals surface area contributed by atoms with E-state index >= 15 is 0 Å². The van der Waals surface area contributed by atoms with E-state index in [4.69, 9.17) is 9.47 Å². The fourth-order valence-corrected chi connectivity index (χ4v) is 5.17. The number of ether oxygens (including phenoxy) is 2. The Morgan fingerprint density at radius 3 is 2.06 bits per heavy atom. The first-order valence-corrected chi connectivity index (χ1v) is 12.4. The van der Waals surface area contributed by atoms with Crippen molar-refractivity contribution in [3.63, 3.8) is 0 Å². The van der Waals surface area contributed by atoms with Gasteiger partial charge in [-0.1, -0.05) is 6.58 Å². The monoisotopic (exact) mass is 474 g/mol. The Balaban J connectivity index is 1.28. The van der Waals surface area contributed by atoms with Crippen LogP contribution in [0.5, 0.6) is 0 Å². The van der Waals surface area contributed by atoms with Crippen molar-refractivity contribution in [2.75, 3.05) is 13.2 Å². The Morgan fingerprint density at radius 2 is 1.53 bits per heavy atom. The second-order valence-electron chi connectivity index (χ2n) is 9.61. The van der Waals surface area contributed by atoms with Gasteiger partial charge in [0, 0.05) is 23.9 Å². The van der Waals surface area contributed by atoms with E-state index in [1.807, 2.05) is 19.9 Å². The van der Waals surface area contributed by atoms with E-state index in [1.165, 1.54) is 11.1 Å². The number of amides is 2. The molecule has 0 saturated heterocycles. The number of rotatable bonds is 8. The van der Waals surface area contributed by atoms with Gasteiger partial charge in [0.1, 0.15) is 13.2 Å². The minimum Gasteiger partial charge on any atom is -0.459 e. The summed E-state index contributed by atoms with van der Waals surface area (Å²) < 4.78 is 11.3. The minimum absolute atomic E-state index is 0.0273. The molecule has 1 aromatic heterocycles. The highest BCUT2D eigenvalue weighted by atomic mass is 16.6. The predicted octanol–water partition coefficient (Wildman–Crippen LogP) is 4.02. The number of carbonyl (C=O) groups excluding carboxylic acids is 3. The summed E-state index contributed by atoms with van der Waals surface area (Å²) in [5, 5.41) is 10.3. The number of aromatic nitrogens is 2. The molecule has 34 heavy (non-hydrogen) atoms. The second-order valence-corrected chi connectivity index (χ2v) is 9.61. The molecule has 0 radical (unpaired) electrons. The van der Waals surface area contributed by atoms with E-state index in [0.29, 0.717) is 11.8 Å². The molecule has 0 aromatic carbocycles. The molecule has 2 N–H and O–H groups in total. The topological polar surface area (TPSA) is 112 Å². The van der Waals surface area contributed by atoms with Gasteiger partial charge in [0.05, 0.1) is 5.69 Å². The van der Waals surface area contributed by atoms with E-state index in [-0.39, 0.29) is 31.3 Å². The van der Waals surface area contributed by atoms with Crippen molar-refractivity contribution in [2.45, 2.75) is 83.7 Å². The first-order chi connectivity index (χ1) is 16.3. The molecule has 2 aliphatic carbocycles. The van der Waals surface area contributed by atoms with Crippen molar-refractivity contribution in [3.05, 3.63) is 30.1 Å². The molecule has 2 fully saturated rings. The number of alkyl carbamates (subject to hydrolysis) is 1. The number of carbonyl (C=O) groups is 3. The van der Waals surface area contributed by atoms with Gasteiger partial charge in [-0.05, 0) is 89.5 Å². The third kappa shape index (κ3) is 7.88. The molecule has 0 bridgehead atoms. The first kappa shape index (κ1) is 25.8. The van der Waals surface area contributed by atoms with Crippen LogP contribution in [0.3, 0.4) is 0 Å². The number of hydrogen-bond donors (Lipinski definition) is 2. The maximum absolute atomic E-state index is 12.5. The fourth-order valence-electron chi connectivity index (χ4n) is 5.17. The molecule has 2 amide bonds. The van der Waals surface area contributed by atoms with Crippen LogP contribution in [0.1, 0.15) is 69.2 Å². The number of nitrogens with one attached hydrogen (secondary N) is 2. The largest absolute Gasteiger partial charge is 0.459 e. The van der Waals surface area contributed by atoms with Gasteiger partial charge in [0.15, 0.2) is 0 Å². The number of nitrogens with zero attached hydrogens (tertiary/aromatic N) is 2. The van der Waals surface area contributed by atoms with Gasteiger partial charge in [-0.25, -0.2) is 14.4 Å². The fraction of sp³-hybridized carbons (Fsp3) is 0.680. The van der Waals surface area contributed by atoms with Gasteiger partial charge in [-0.15, -0.1) is 0 Å². The number of aryl methyl sites for hydroxylation is 2. The highest BCUT2D eigenvalue weighted by Crippen LogP contribution is 2.35. The van der Waals surface area contributed by atoms with Crippen LogP contribution in [0.4, 0.5) is 9.59 Å². The average molecular weight is 475 g/mol. The van der Waals surface area contributed by atoms with Crippen molar-refractivity contribution in [2.24, 2.45) is 11.8 Å². The lowest BCUT2D eigenvalue weighted by Gasteiger charge is -2.34. The van der Waals surface area contributed by atoms with Crippen molar-refractivity contribution in [1.82, 2.24) is 20.4 Å². The Labute approximate surface area is 201 Å². The van der Waals surface area contributed by atoms with Crippen LogP contribution in [0.2, 0.25) is 0 Å². The summed E-state index contributed by atoms with van der Waals surface area (Å²) in [6.07, 6.45) is 10.3. The summed E-state index contributed by atoms with van der Waals surface area (Å²) in [6, 6.07) is 2.14. The zero-order chi connectivity index (χ0) is 24.5. The van der Waals surface area contributed by atoms with E-state index in [0.717, 1.165) is 68.8 Å². The molecule has 9 nitrogen and oxygen atoms in total. The summed E-state index contributed by atoms with van der Waals surface area (Å²) in [5.74, 6) is 0.873. The normalized spacial score (nSPS) is 24.6. The van der Waals surface area contributed by atoms with Gasteiger partial charge in [-0.3, -0.25) is 0 Å². The molecule has 1 aromatic rings.